The van der Waals surface area contributed by atoms with Crippen LogP contribution in [0.1, 0.15) is 47.0 Å². The van der Waals surface area contributed by atoms with Crippen molar-refractivity contribution >= 4 is 30.7 Å². The van der Waals surface area contributed by atoms with Gasteiger partial charge in [0.25, 0.3) is 0 Å². The van der Waals surface area contributed by atoms with Gasteiger partial charge in [0.1, 0.15) is 0 Å². The number of rotatable bonds is 4. The summed E-state index contributed by atoms with van der Waals surface area (Å²) in [6.45, 7) is 9.44. The van der Waals surface area contributed by atoms with E-state index in [4.69, 9.17) is 0 Å². The van der Waals surface area contributed by atoms with Crippen molar-refractivity contribution in [2.24, 2.45) is 0 Å². The van der Waals surface area contributed by atoms with Gasteiger partial charge in [-0.2, -0.15) is 0 Å². The van der Waals surface area contributed by atoms with Crippen LogP contribution in [0.5, 0.6) is 0 Å². The van der Waals surface area contributed by atoms with Crippen molar-refractivity contribution in [1.82, 2.24) is 0 Å². The zero-order valence-electron chi connectivity index (χ0n) is 10.5. The van der Waals surface area contributed by atoms with Gasteiger partial charge in [0.2, 0.25) is 0 Å². The van der Waals surface area contributed by atoms with Crippen LogP contribution in [-0.2, 0) is 0 Å². The monoisotopic (exact) mass is 248 g/mol. The van der Waals surface area contributed by atoms with Crippen molar-refractivity contribution in [3.63, 3.8) is 0 Å². The molecule has 0 spiro atoms. The van der Waals surface area contributed by atoms with Crippen LogP contribution in [-0.4, -0.2) is 30.7 Å². The minimum absolute atomic E-state index is 1.28. The molecule has 76 valence electrons. The molecule has 0 nitrogen and oxygen atoms in total. The molecule has 0 N–H and O–H groups in total. The molecule has 1 atom stereocenters. The van der Waals surface area contributed by atoms with Gasteiger partial charge in [-0.15, -0.1) is 0 Å². The third-order valence-corrected chi connectivity index (χ3v) is 12.9. The Morgan fingerprint density at radius 3 is 2.07 bits per heavy atom. The molecule has 0 saturated carbocycles. The standard InChI is InChI=1S/C12H22As.Li/c1-5-10-9-13(8-4)12(7-3)11(10)6-2;/h5-9H2,1-4H3;/q+1;-1. The first kappa shape index (κ1) is 12.8. The normalized spacial score (nSPS) is 27.7. The summed E-state index contributed by atoms with van der Waals surface area (Å²) < 4.78 is 1.92. The fourth-order valence-electron chi connectivity index (χ4n) is 2.82. The fraction of sp³-hybridized carbons (Fsp3) is 0.750. The maximum absolute atomic E-state index is 2.62. The van der Waals surface area contributed by atoms with Crippen LogP contribution in [0.15, 0.2) is 11.1 Å². The molecule has 1 heterocycles. The molecule has 0 aliphatic carbocycles. The number of hydrogen-bond donors (Lipinski definition) is 0. The Morgan fingerprint density at radius 2 is 1.71 bits per heavy atom. The second-order valence-electron chi connectivity index (χ2n) is 4.46. The molecular formula is C12H22AsLi. The van der Waals surface area contributed by atoms with E-state index in [2.05, 4.69) is 43.3 Å². The van der Waals surface area contributed by atoms with Gasteiger partial charge in [-0.3, -0.25) is 0 Å². The second kappa shape index (κ2) is 5.20. The van der Waals surface area contributed by atoms with Crippen molar-refractivity contribution in [1.29, 1.82) is 0 Å². The molecule has 0 radical (unpaired) electrons. The summed E-state index contributed by atoms with van der Waals surface area (Å²) in [4.78, 5) is 0. The summed E-state index contributed by atoms with van der Waals surface area (Å²) >= 11 is 2.62. The summed E-state index contributed by atoms with van der Waals surface area (Å²) in [5.41, 5.74) is 3.59. The number of hydrogen-bond acceptors (Lipinski definition) is 0. The predicted molar refractivity (Wildman–Crippen MR) is 69.7 cm³/mol. The van der Waals surface area contributed by atoms with Crippen LogP contribution in [0, 0.1) is 0 Å². The van der Waals surface area contributed by atoms with E-state index in [0.717, 1.165) is 0 Å². The predicted octanol–water partition coefficient (Wildman–Crippen LogP) is 3.41. The average Bonchev–Trinajstić information content (AvgIpc) is 2.50. The Bertz CT molecular complexity index is 299. The van der Waals surface area contributed by atoms with Crippen molar-refractivity contribution in [2.75, 3.05) is 0 Å². The molecular weight excluding hydrogens is 226 g/mol. The van der Waals surface area contributed by atoms with Gasteiger partial charge in [0, 0.05) is 0 Å². The summed E-state index contributed by atoms with van der Waals surface area (Å²) in [6, 6.07) is 0. The Labute approximate surface area is 98.9 Å². The zero-order chi connectivity index (χ0) is 10.8. The topological polar surface area (TPSA) is 0 Å². The van der Waals surface area contributed by atoms with Crippen LogP contribution in [0.25, 0.3) is 0 Å². The van der Waals surface area contributed by atoms with Gasteiger partial charge in [-0.05, 0) is 0 Å². The molecule has 0 bridgehead atoms. The first-order valence-corrected chi connectivity index (χ1v) is 11.5. The molecule has 0 fully saturated rings. The van der Waals surface area contributed by atoms with Crippen LogP contribution in [0.2, 0.25) is 10.4 Å². The molecule has 1 rings (SSSR count). The maximum atomic E-state index is 2.62. The third-order valence-electron chi connectivity index (χ3n) is 3.78. The quantitative estimate of drug-likeness (QED) is 0.669. The van der Waals surface area contributed by atoms with Gasteiger partial charge >= 0.3 is 99.3 Å². The van der Waals surface area contributed by atoms with E-state index in [1.165, 1.54) is 29.7 Å². The van der Waals surface area contributed by atoms with Crippen LogP contribution < -0.4 is 0 Å². The Balaban J connectivity index is 3.16. The van der Waals surface area contributed by atoms with Crippen LogP contribution in [0.4, 0.5) is 0 Å². The summed E-state index contributed by atoms with van der Waals surface area (Å²) in [6.07, 6.45) is 3.90. The van der Waals surface area contributed by atoms with Gasteiger partial charge < -0.3 is 0 Å². The van der Waals surface area contributed by atoms with Gasteiger partial charge in [0.05, 0.1) is 0 Å². The molecule has 0 saturated heterocycles. The van der Waals surface area contributed by atoms with E-state index in [-0.39, 0.29) is 0 Å². The van der Waals surface area contributed by atoms with E-state index >= 15 is 0 Å². The zero-order valence-corrected chi connectivity index (χ0v) is 12.4. The van der Waals surface area contributed by atoms with E-state index in [1.807, 2.05) is 4.30 Å². The molecule has 14 heavy (non-hydrogen) atoms. The first-order chi connectivity index (χ1) is 6.62. The molecule has 0 aromatic heterocycles. The Kier molecular flexibility index (Phi) is 4.77. The van der Waals surface area contributed by atoms with E-state index in [1.54, 1.807) is 11.1 Å². The second-order valence-corrected chi connectivity index (χ2v) is 13.4. The van der Waals surface area contributed by atoms with Gasteiger partial charge in [-0.25, -0.2) is 0 Å². The van der Waals surface area contributed by atoms with Crippen molar-refractivity contribution in [3.05, 3.63) is 11.1 Å². The van der Waals surface area contributed by atoms with Crippen molar-refractivity contribution in [2.45, 2.75) is 57.4 Å². The molecule has 1 aliphatic rings. The van der Waals surface area contributed by atoms with E-state index in [0.29, 0.717) is 0 Å². The van der Waals surface area contributed by atoms with E-state index in [9.17, 15) is 0 Å². The minimum atomic E-state index is -1.37. The molecule has 1 unspecified atom stereocenters. The summed E-state index contributed by atoms with van der Waals surface area (Å²) in [5.74, 6) is 0. The first-order valence-electron chi connectivity index (χ1n) is 6.05. The van der Waals surface area contributed by atoms with Crippen LogP contribution in [0.3, 0.4) is 0 Å². The van der Waals surface area contributed by atoms with Crippen LogP contribution >= 0.6 is 0 Å². The molecule has 0 aromatic rings. The fourth-order valence-corrected chi connectivity index (χ4v) is 10.8. The van der Waals surface area contributed by atoms with Gasteiger partial charge in [0.15, 0.2) is 0 Å². The third kappa shape index (κ3) is 2.14. The van der Waals surface area contributed by atoms with Crippen molar-refractivity contribution in [3.8, 4) is 0 Å². The van der Waals surface area contributed by atoms with Crippen molar-refractivity contribution < 1.29 is 0 Å². The Hall–Kier alpha value is 0.766. The van der Waals surface area contributed by atoms with Gasteiger partial charge in [-0.1, -0.05) is 0 Å². The molecule has 1 aliphatic heterocycles. The summed E-state index contributed by atoms with van der Waals surface area (Å²) in [7, 11) is -1.37. The summed E-state index contributed by atoms with van der Waals surface area (Å²) in [5, 5.41) is 2.96. The Morgan fingerprint density at radius 1 is 1.07 bits per heavy atom. The molecule has 0 aromatic carbocycles. The van der Waals surface area contributed by atoms with E-state index < -0.39 is 10.9 Å². The molecule has 0 amide bonds. The number of allylic oxidation sites excluding steroid dienone is 2. The average molecular weight is 248 g/mol. The molecule has 2 heteroatoms. The SMILES string of the molecule is [Li][As]1(CC)=C(CC)C(CC)=C(CC)C1.